The predicted molar refractivity (Wildman–Crippen MR) is 181 cm³/mol. The van der Waals surface area contributed by atoms with Crippen molar-refractivity contribution in [3.63, 3.8) is 0 Å². The second kappa shape index (κ2) is 13.1. The Labute approximate surface area is 273 Å². The summed E-state index contributed by atoms with van der Waals surface area (Å²) < 4.78 is 0. The van der Waals surface area contributed by atoms with E-state index in [1.54, 1.807) is 6.07 Å². The molecule has 0 aliphatic rings. The van der Waals surface area contributed by atoms with E-state index in [1.165, 1.54) is 44.2 Å². The molecule has 0 aliphatic heterocycles. The van der Waals surface area contributed by atoms with Gasteiger partial charge in [0, 0.05) is 16.7 Å². The van der Waals surface area contributed by atoms with Crippen LogP contribution in [-0.4, -0.2) is 6.21 Å². The normalized spacial score (nSPS) is 12.6. The molecule has 0 atom stereocenters. The van der Waals surface area contributed by atoms with Crippen molar-refractivity contribution in [2.45, 2.75) is 112 Å². The second-order valence-electron chi connectivity index (χ2n) is 15.0. The largest absolute Gasteiger partial charge is 1.00 e. The van der Waals surface area contributed by atoms with Gasteiger partial charge < -0.3 is 5.11 Å². The number of rotatable bonds is 6. The molecule has 0 amide bonds. The SMILES string of the molecule is CC(C)c1cc(C(C)C)c([NH+]=Cc2cc(-c3cc(C(C)(C)C)cc4cc(C(C)(C)C)ccc34)ccc2[O-])c(C(C)C)c1.[Li+]. The summed E-state index contributed by atoms with van der Waals surface area (Å²) in [6.07, 6.45) is 1.92. The van der Waals surface area contributed by atoms with Gasteiger partial charge in [-0.2, -0.15) is 0 Å². The van der Waals surface area contributed by atoms with E-state index in [2.05, 4.69) is 137 Å². The maximum Gasteiger partial charge on any atom is 1.00 e. The zero-order valence-electron chi connectivity index (χ0n) is 29.0. The fourth-order valence-electron chi connectivity index (χ4n) is 5.61. The molecule has 0 aromatic heterocycles. The summed E-state index contributed by atoms with van der Waals surface area (Å²) in [5.74, 6) is 1.20. The van der Waals surface area contributed by atoms with Gasteiger partial charge in [0.1, 0.15) is 0 Å². The van der Waals surface area contributed by atoms with E-state index in [9.17, 15) is 5.11 Å². The van der Waals surface area contributed by atoms with Gasteiger partial charge in [-0.05, 0) is 91.4 Å². The molecule has 2 nitrogen and oxygen atoms in total. The Morgan fingerprint density at radius 2 is 1.21 bits per heavy atom. The molecule has 0 saturated carbocycles. The van der Waals surface area contributed by atoms with Crippen LogP contribution in [0.15, 0.2) is 60.7 Å². The van der Waals surface area contributed by atoms with Crippen LogP contribution < -0.4 is 29.0 Å². The van der Waals surface area contributed by atoms with Crippen molar-refractivity contribution in [3.8, 4) is 16.9 Å². The van der Waals surface area contributed by atoms with Crippen LogP contribution >= 0.6 is 0 Å². The molecule has 4 aromatic rings. The van der Waals surface area contributed by atoms with Crippen molar-refractivity contribution in [3.05, 3.63) is 94.0 Å². The minimum atomic E-state index is -0.00168. The number of hydrogen-bond acceptors (Lipinski definition) is 1. The van der Waals surface area contributed by atoms with E-state index < -0.39 is 0 Å². The minimum absolute atomic E-state index is 0. The van der Waals surface area contributed by atoms with E-state index in [0.717, 1.165) is 11.3 Å². The first-order valence-corrected chi connectivity index (χ1v) is 15.6. The Morgan fingerprint density at radius 3 is 1.72 bits per heavy atom. The molecule has 0 radical (unpaired) electrons. The molecular weight excluding hydrogens is 517 g/mol. The topological polar surface area (TPSA) is 37.0 Å². The third-order valence-electron chi connectivity index (χ3n) is 8.51. The zero-order chi connectivity index (χ0) is 31.1. The number of hydrogen-bond donors (Lipinski definition) is 1. The van der Waals surface area contributed by atoms with Crippen LogP contribution in [0.2, 0.25) is 0 Å². The first-order chi connectivity index (χ1) is 19.5. The van der Waals surface area contributed by atoms with Crippen LogP contribution in [0.25, 0.3) is 21.9 Å². The van der Waals surface area contributed by atoms with Crippen LogP contribution in [0.3, 0.4) is 0 Å². The fourth-order valence-corrected chi connectivity index (χ4v) is 5.61. The van der Waals surface area contributed by atoms with Crippen molar-refractivity contribution >= 4 is 22.7 Å². The number of fused-ring (bicyclic) bond motifs is 1. The molecule has 4 rings (SSSR count). The molecule has 0 bridgehead atoms. The summed E-state index contributed by atoms with van der Waals surface area (Å²) >= 11 is 0. The molecule has 0 fully saturated rings. The summed E-state index contributed by atoms with van der Waals surface area (Å²) in [6, 6.07) is 21.9. The van der Waals surface area contributed by atoms with Gasteiger partial charge in [-0.1, -0.05) is 125 Å². The van der Waals surface area contributed by atoms with Gasteiger partial charge in [-0.25, -0.2) is 4.99 Å². The molecule has 0 aliphatic carbocycles. The number of benzene rings is 4. The van der Waals surface area contributed by atoms with E-state index in [4.69, 9.17) is 0 Å². The van der Waals surface area contributed by atoms with Crippen molar-refractivity contribution < 1.29 is 29.0 Å². The molecule has 0 saturated heterocycles. The van der Waals surface area contributed by atoms with Crippen LogP contribution in [-0.2, 0) is 10.8 Å². The van der Waals surface area contributed by atoms with Crippen LogP contribution in [0, 0.1) is 0 Å². The van der Waals surface area contributed by atoms with Crippen molar-refractivity contribution in [1.82, 2.24) is 0 Å². The first kappa shape index (κ1) is 34.7. The zero-order valence-corrected chi connectivity index (χ0v) is 29.0. The Morgan fingerprint density at radius 1 is 0.651 bits per heavy atom. The van der Waals surface area contributed by atoms with E-state index in [0.29, 0.717) is 23.3 Å². The van der Waals surface area contributed by atoms with E-state index in [-0.39, 0.29) is 35.4 Å². The molecule has 1 N–H and O–H groups in total. The standard InChI is InChI=1S/C40H51NO.Li/c1-24(2)28-20-34(25(3)4)38(35(21-28)26(5)6)41-23-30-17-27(13-16-37(30)42)36-22-32(40(10,11)12)19-29-18-31(39(7,8)9)14-15-33(29)36;/h13-26,42H,1-12H3;/q;+1. The Kier molecular flexibility index (Phi) is 10.5. The summed E-state index contributed by atoms with van der Waals surface area (Å²) in [5, 5.41) is 15.6. The van der Waals surface area contributed by atoms with Crippen molar-refractivity contribution in [2.75, 3.05) is 0 Å². The van der Waals surface area contributed by atoms with Gasteiger partial charge in [-0.3, -0.25) is 0 Å². The molecular formula is C40H51LiNO+. The molecule has 0 spiro atoms. The van der Waals surface area contributed by atoms with Crippen LogP contribution in [0.5, 0.6) is 5.75 Å². The maximum absolute atomic E-state index is 13.2. The summed E-state index contributed by atoms with van der Waals surface area (Å²) in [4.78, 5) is 3.62. The van der Waals surface area contributed by atoms with Gasteiger partial charge in [0.15, 0.2) is 6.21 Å². The van der Waals surface area contributed by atoms with Gasteiger partial charge in [-0.15, -0.1) is 0 Å². The minimum Gasteiger partial charge on any atom is -0.872 e. The van der Waals surface area contributed by atoms with E-state index >= 15 is 0 Å². The number of nitrogens with one attached hydrogen (secondary N) is 1. The molecule has 43 heavy (non-hydrogen) atoms. The third kappa shape index (κ3) is 7.65. The first-order valence-electron chi connectivity index (χ1n) is 15.6. The Hall–Kier alpha value is -2.79. The summed E-state index contributed by atoms with van der Waals surface area (Å²) in [7, 11) is 0. The molecule has 4 aromatic carbocycles. The third-order valence-corrected chi connectivity index (χ3v) is 8.51. The fraction of sp³-hybridized carbons (Fsp3) is 0.425. The smallest absolute Gasteiger partial charge is 0.872 e. The Bertz CT molecular complexity index is 1590. The predicted octanol–water partition coefficient (Wildman–Crippen LogP) is 6.38. The maximum atomic E-state index is 13.2. The van der Waals surface area contributed by atoms with Crippen molar-refractivity contribution in [2.24, 2.45) is 0 Å². The summed E-state index contributed by atoms with van der Waals surface area (Å²) in [6.45, 7) is 27.0. The van der Waals surface area contributed by atoms with Gasteiger partial charge in [0.05, 0.1) is 0 Å². The van der Waals surface area contributed by atoms with Crippen molar-refractivity contribution in [1.29, 1.82) is 0 Å². The van der Waals surface area contributed by atoms with Crippen LogP contribution in [0.1, 0.15) is 134 Å². The second-order valence-corrected chi connectivity index (χ2v) is 15.0. The average molecular weight is 569 g/mol. The monoisotopic (exact) mass is 568 g/mol. The molecule has 0 heterocycles. The summed E-state index contributed by atoms with van der Waals surface area (Å²) in [5.41, 5.74) is 10.7. The van der Waals surface area contributed by atoms with Crippen LogP contribution in [0.4, 0.5) is 5.69 Å². The van der Waals surface area contributed by atoms with E-state index in [1.807, 2.05) is 12.3 Å². The van der Waals surface area contributed by atoms with Gasteiger partial charge >= 0.3 is 18.9 Å². The average Bonchev–Trinajstić information content (AvgIpc) is 2.90. The Balaban J connectivity index is 0.00000506. The van der Waals surface area contributed by atoms with Gasteiger partial charge in [0.2, 0.25) is 5.69 Å². The van der Waals surface area contributed by atoms with Gasteiger partial charge in [0.25, 0.3) is 0 Å². The quantitative estimate of drug-likeness (QED) is 0.213. The molecule has 222 valence electrons. The molecule has 0 unspecified atom stereocenters. The molecule has 3 heteroatoms.